The lowest BCUT2D eigenvalue weighted by Crippen LogP contribution is -2.52. The minimum atomic E-state index is 0. The first-order valence-corrected chi connectivity index (χ1v) is 11.0. The van der Waals surface area contributed by atoms with E-state index in [2.05, 4.69) is 87.6 Å². The molecular formula is C24H34IN5. The van der Waals surface area contributed by atoms with Gasteiger partial charge in [0.2, 0.25) is 0 Å². The van der Waals surface area contributed by atoms with Crippen LogP contribution < -0.4 is 15.1 Å². The van der Waals surface area contributed by atoms with Gasteiger partial charge >= 0.3 is 0 Å². The summed E-state index contributed by atoms with van der Waals surface area (Å²) in [7, 11) is 0. The van der Waals surface area contributed by atoms with E-state index in [0.717, 1.165) is 58.3 Å². The summed E-state index contributed by atoms with van der Waals surface area (Å²) >= 11 is 0. The number of rotatable bonds is 5. The normalized spacial score (nSPS) is 19.6. The highest BCUT2D eigenvalue weighted by atomic mass is 127. The van der Waals surface area contributed by atoms with Gasteiger partial charge in [0.1, 0.15) is 0 Å². The Labute approximate surface area is 198 Å². The van der Waals surface area contributed by atoms with Crippen molar-refractivity contribution in [3.8, 4) is 0 Å². The van der Waals surface area contributed by atoms with Crippen molar-refractivity contribution in [2.75, 3.05) is 62.2 Å². The highest BCUT2D eigenvalue weighted by molar-refractivity contribution is 14.0. The fourth-order valence-electron chi connectivity index (χ4n) is 4.31. The molecule has 2 saturated heterocycles. The molecule has 0 bridgehead atoms. The molecule has 0 saturated carbocycles. The van der Waals surface area contributed by atoms with Crippen molar-refractivity contribution >= 4 is 41.3 Å². The third kappa shape index (κ3) is 5.80. The first-order chi connectivity index (χ1) is 14.3. The van der Waals surface area contributed by atoms with Crippen LogP contribution in [0.4, 0.5) is 11.4 Å². The van der Waals surface area contributed by atoms with Crippen LogP contribution in [0.5, 0.6) is 0 Å². The lowest BCUT2D eigenvalue weighted by Gasteiger charge is -2.37. The zero-order valence-electron chi connectivity index (χ0n) is 17.9. The molecule has 0 aromatic heterocycles. The van der Waals surface area contributed by atoms with Crippen LogP contribution in [0, 0.1) is 5.92 Å². The summed E-state index contributed by atoms with van der Waals surface area (Å²) in [4.78, 5) is 12.4. The fraction of sp³-hybridized carbons (Fsp3) is 0.458. The van der Waals surface area contributed by atoms with Crippen molar-refractivity contribution in [3.05, 3.63) is 60.7 Å². The topological polar surface area (TPSA) is 34.1 Å². The Balaban J connectivity index is 0.00000256. The third-order valence-corrected chi connectivity index (χ3v) is 5.94. The maximum Gasteiger partial charge on any atom is 0.194 e. The van der Waals surface area contributed by atoms with Crippen LogP contribution in [0.15, 0.2) is 65.7 Å². The Morgan fingerprint density at radius 3 is 2.07 bits per heavy atom. The number of aliphatic imine (C=N–C) groups is 1. The monoisotopic (exact) mass is 519 g/mol. The smallest absolute Gasteiger partial charge is 0.194 e. The molecule has 1 N–H and O–H groups in total. The molecule has 2 aromatic rings. The van der Waals surface area contributed by atoms with Gasteiger partial charge in [-0.3, -0.25) is 4.99 Å². The fourth-order valence-corrected chi connectivity index (χ4v) is 4.31. The highest BCUT2D eigenvalue weighted by Crippen LogP contribution is 2.23. The van der Waals surface area contributed by atoms with Gasteiger partial charge in [0.05, 0.1) is 0 Å². The van der Waals surface area contributed by atoms with Crippen LogP contribution in [-0.2, 0) is 0 Å². The van der Waals surface area contributed by atoms with Crippen LogP contribution in [0.1, 0.15) is 13.3 Å². The van der Waals surface area contributed by atoms with Gasteiger partial charge < -0.3 is 20.0 Å². The van der Waals surface area contributed by atoms with Crippen LogP contribution in [-0.4, -0.2) is 63.2 Å². The second-order valence-corrected chi connectivity index (χ2v) is 7.94. The summed E-state index contributed by atoms with van der Waals surface area (Å²) in [6.45, 7) is 10.3. The number of anilines is 2. The Morgan fingerprint density at radius 2 is 1.47 bits per heavy atom. The van der Waals surface area contributed by atoms with Crippen LogP contribution >= 0.6 is 24.0 Å². The predicted octanol–water partition coefficient (Wildman–Crippen LogP) is 3.92. The zero-order chi connectivity index (χ0) is 19.9. The van der Waals surface area contributed by atoms with E-state index >= 15 is 0 Å². The minimum Gasteiger partial charge on any atom is -0.371 e. The number of benzene rings is 2. The van der Waals surface area contributed by atoms with Crippen LogP contribution in [0.2, 0.25) is 0 Å². The summed E-state index contributed by atoms with van der Waals surface area (Å²) in [5.41, 5.74) is 2.66. The van der Waals surface area contributed by atoms with E-state index in [0.29, 0.717) is 5.92 Å². The van der Waals surface area contributed by atoms with Gasteiger partial charge in [-0.2, -0.15) is 0 Å². The van der Waals surface area contributed by atoms with Gasteiger partial charge in [0.15, 0.2) is 5.96 Å². The molecule has 5 nitrogen and oxygen atoms in total. The molecule has 2 heterocycles. The molecule has 30 heavy (non-hydrogen) atoms. The Bertz CT molecular complexity index is 775. The number of piperazine rings is 1. The molecule has 4 rings (SSSR count). The lowest BCUT2D eigenvalue weighted by atomic mass is 10.1. The Hall–Kier alpha value is -1.96. The van der Waals surface area contributed by atoms with Gasteiger partial charge in [-0.05, 0) is 43.5 Å². The van der Waals surface area contributed by atoms with E-state index in [-0.39, 0.29) is 24.0 Å². The molecule has 2 aliphatic rings. The SMILES string of the molecule is CCNC(=NCC1CCN(c2ccccc2)C1)N1CCN(c2ccccc2)CC1.I. The zero-order valence-corrected chi connectivity index (χ0v) is 20.2. The average Bonchev–Trinajstić information content (AvgIpc) is 3.27. The number of guanidine groups is 1. The van der Waals surface area contributed by atoms with E-state index in [4.69, 9.17) is 4.99 Å². The van der Waals surface area contributed by atoms with Crippen LogP contribution in [0.3, 0.4) is 0 Å². The molecular weight excluding hydrogens is 485 g/mol. The number of nitrogens with zero attached hydrogens (tertiary/aromatic N) is 4. The Morgan fingerprint density at radius 1 is 0.867 bits per heavy atom. The van der Waals surface area contributed by atoms with Crippen molar-refractivity contribution < 1.29 is 0 Å². The summed E-state index contributed by atoms with van der Waals surface area (Å²) in [5.74, 6) is 1.72. The first kappa shape index (κ1) is 22.7. The molecule has 2 fully saturated rings. The van der Waals surface area contributed by atoms with Crippen LogP contribution in [0.25, 0.3) is 0 Å². The summed E-state index contributed by atoms with van der Waals surface area (Å²) < 4.78 is 0. The van der Waals surface area contributed by atoms with Gasteiger partial charge in [-0.25, -0.2) is 0 Å². The quantitative estimate of drug-likeness (QED) is 0.369. The van der Waals surface area contributed by atoms with Gasteiger partial charge in [-0.15, -0.1) is 24.0 Å². The van der Waals surface area contributed by atoms with Gasteiger partial charge in [-0.1, -0.05) is 36.4 Å². The molecule has 6 heteroatoms. The van der Waals surface area contributed by atoms with Gasteiger partial charge in [0, 0.05) is 63.7 Å². The molecule has 0 aliphatic carbocycles. The maximum atomic E-state index is 5.03. The largest absolute Gasteiger partial charge is 0.371 e. The number of para-hydroxylation sites is 2. The highest BCUT2D eigenvalue weighted by Gasteiger charge is 2.24. The maximum absolute atomic E-state index is 5.03. The van der Waals surface area contributed by atoms with Gasteiger partial charge in [0.25, 0.3) is 0 Å². The lowest BCUT2D eigenvalue weighted by molar-refractivity contribution is 0.371. The van der Waals surface area contributed by atoms with Crippen molar-refractivity contribution in [1.82, 2.24) is 10.2 Å². The van der Waals surface area contributed by atoms with E-state index < -0.39 is 0 Å². The number of hydrogen-bond donors (Lipinski definition) is 1. The molecule has 1 atom stereocenters. The number of hydrogen-bond acceptors (Lipinski definition) is 3. The van der Waals surface area contributed by atoms with E-state index in [1.165, 1.54) is 17.8 Å². The number of halogens is 1. The summed E-state index contributed by atoms with van der Waals surface area (Å²) in [6.07, 6.45) is 1.22. The van der Waals surface area contributed by atoms with E-state index in [1.54, 1.807) is 0 Å². The molecule has 0 spiro atoms. The molecule has 0 radical (unpaired) electrons. The summed E-state index contributed by atoms with van der Waals surface area (Å²) in [6, 6.07) is 21.5. The van der Waals surface area contributed by atoms with Crippen molar-refractivity contribution in [2.24, 2.45) is 10.9 Å². The minimum absolute atomic E-state index is 0. The molecule has 162 valence electrons. The van der Waals surface area contributed by atoms with Crippen molar-refractivity contribution in [1.29, 1.82) is 0 Å². The predicted molar refractivity (Wildman–Crippen MR) is 138 cm³/mol. The standard InChI is InChI=1S/C24H33N5.HI/c1-2-25-24(28-17-15-27(16-18-28)22-9-5-3-6-10-22)26-19-21-13-14-29(20-21)23-11-7-4-8-12-23;/h3-12,21H,2,13-20H2,1H3,(H,25,26);1H. The second kappa shape index (κ2) is 11.4. The molecule has 2 aliphatic heterocycles. The van der Waals surface area contributed by atoms with E-state index in [1.807, 2.05) is 0 Å². The van der Waals surface area contributed by atoms with E-state index in [9.17, 15) is 0 Å². The Kier molecular flexibility index (Phi) is 8.66. The molecule has 1 unspecified atom stereocenters. The molecule has 2 aromatic carbocycles. The third-order valence-electron chi connectivity index (χ3n) is 5.94. The van der Waals surface area contributed by atoms with Crippen molar-refractivity contribution in [2.45, 2.75) is 13.3 Å². The first-order valence-electron chi connectivity index (χ1n) is 11.0. The number of nitrogens with one attached hydrogen (secondary N) is 1. The second-order valence-electron chi connectivity index (χ2n) is 7.94. The van der Waals surface area contributed by atoms with Crippen molar-refractivity contribution in [3.63, 3.8) is 0 Å². The molecule has 0 amide bonds. The average molecular weight is 519 g/mol. The summed E-state index contributed by atoms with van der Waals surface area (Å²) in [5, 5.41) is 3.52.